The molecule has 3 rings (SSSR count). The van der Waals surface area contributed by atoms with E-state index in [1.54, 1.807) is 6.92 Å². The van der Waals surface area contributed by atoms with Gasteiger partial charge in [-0.05, 0) is 32.8 Å². The van der Waals surface area contributed by atoms with E-state index < -0.39 is 0 Å². The number of anilines is 1. The molecular weight excluding hydrogens is 330 g/mol. The molecule has 1 N–H and O–H groups in total. The summed E-state index contributed by atoms with van der Waals surface area (Å²) >= 11 is 0. The minimum absolute atomic E-state index is 0.0676. The van der Waals surface area contributed by atoms with Crippen molar-refractivity contribution in [3.05, 3.63) is 59.4 Å². The van der Waals surface area contributed by atoms with Crippen LogP contribution in [0.25, 0.3) is 0 Å². The van der Waals surface area contributed by atoms with Gasteiger partial charge in [0.2, 0.25) is 11.8 Å². The fourth-order valence-electron chi connectivity index (χ4n) is 2.73. The van der Waals surface area contributed by atoms with Crippen molar-refractivity contribution >= 4 is 11.7 Å². The first-order valence-corrected chi connectivity index (χ1v) is 8.72. The number of amides is 1. The third-order valence-corrected chi connectivity index (χ3v) is 4.22. The van der Waals surface area contributed by atoms with Gasteiger partial charge >= 0.3 is 0 Å². The Morgan fingerprint density at radius 2 is 2.04 bits per heavy atom. The lowest BCUT2D eigenvalue weighted by atomic mass is 10.1. The number of carbonyl (C=O) groups is 1. The highest BCUT2D eigenvalue weighted by Crippen LogP contribution is 2.21. The number of aromatic nitrogens is 4. The van der Waals surface area contributed by atoms with E-state index in [9.17, 15) is 4.79 Å². The second-order valence-corrected chi connectivity index (χ2v) is 6.36. The number of benzene rings is 1. The fourth-order valence-corrected chi connectivity index (χ4v) is 2.73. The van der Waals surface area contributed by atoms with Crippen LogP contribution in [0.5, 0.6) is 0 Å². The van der Waals surface area contributed by atoms with E-state index in [4.69, 9.17) is 4.52 Å². The summed E-state index contributed by atoms with van der Waals surface area (Å²) in [5.74, 6) is 1.71. The summed E-state index contributed by atoms with van der Waals surface area (Å²) in [5, 5.41) is 11.2. The third-order valence-electron chi connectivity index (χ3n) is 4.22. The molecule has 0 saturated heterocycles. The van der Waals surface area contributed by atoms with Gasteiger partial charge in [0, 0.05) is 24.6 Å². The molecule has 2 heterocycles. The summed E-state index contributed by atoms with van der Waals surface area (Å²) in [6.07, 6.45) is 3.57. The van der Waals surface area contributed by atoms with E-state index in [1.165, 1.54) is 5.56 Å². The van der Waals surface area contributed by atoms with Crippen molar-refractivity contribution in [2.75, 3.05) is 5.32 Å². The molecule has 26 heavy (non-hydrogen) atoms. The summed E-state index contributed by atoms with van der Waals surface area (Å²) in [5.41, 5.74) is 2.11. The second kappa shape index (κ2) is 7.95. The smallest absolute Gasteiger partial charge is 0.226 e. The largest absolute Gasteiger partial charge is 0.339 e. The van der Waals surface area contributed by atoms with Gasteiger partial charge in [0.05, 0.1) is 6.04 Å². The van der Waals surface area contributed by atoms with Gasteiger partial charge in [-0.1, -0.05) is 35.5 Å². The highest BCUT2D eigenvalue weighted by atomic mass is 16.5. The van der Waals surface area contributed by atoms with Crippen molar-refractivity contribution in [1.29, 1.82) is 0 Å². The van der Waals surface area contributed by atoms with Crippen LogP contribution >= 0.6 is 0 Å². The molecule has 0 radical (unpaired) electrons. The average Bonchev–Trinajstić information content (AvgIpc) is 3.21. The Morgan fingerprint density at radius 1 is 1.27 bits per heavy atom. The summed E-state index contributed by atoms with van der Waals surface area (Å²) in [6, 6.07) is 10.2. The lowest BCUT2D eigenvalue weighted by molar-refractivity contribution is -0.116. The van der Waals surface area contributed by atoms with Crippen molar-refractivity contribution in [3.63, 3.8) is 0 Å². The topological polar surface area (TPSA) is 85.8 Å². The molecule has 0 saturated carbocycles. The lowest BCUT2D eigenvalue weighted by Gasteiger charge is -2.12. The molecule has 2 aromatic heterocycles. The van der Waals surface area contributed by atoms with Crippen LogP contribution in [0.1, 0.15) is 48.6 Å². The first kappa shape index (κ1) is 17.8. The molecule has 7 heteroatoms. The quantitative estimate of drug-likeness (QED) is 0.703. The Morgan fingerprint density at radius 3 is 2.73 bits per heavy atom. The lowest BCUT2D eigenvalue weighted by Crippen LogP contribution is -2.14. The van der Waals surface area contributed by atoms with Crippen LogP contribution in [0.15, 0.2) is 41.1 Å². The van der Waals surface area contributed by atoms with Gasteiger partial charge in [-0.25, -0.2) is 0 Å². The number of nitrogens with zero attached hydrogens (tertiary/aromatic N) is 4. The number of carbonyl (C=O) groups excluding carboxylic acids is 1. The Labute approximate surface area is 152 Å². The molecule has 0 aliphatic carbocycles. The minimum Gasteiger partial charge on any atom is -0.339 e. The summed E-state index contributed by atoms with van der Waals surface area (Å²) in [6.45, 7) is 5.80. The van der Waals surface area contributed by atoms with Crippen molar-refractivity contribution in [2.24, 2.45) is 0 Å². The van der Waals surface area contributed by atoms with E-state index in [-0.39, 0.29) is 11.9 Å². The number of hydrogen-bond donors (Lipinski definition) is 1. The number of hydrogen-bond acceptors (Lipinski definition) is 5. The molecule has 1 aromatic carbocycles. The van der Waals surface area contributed by atoms with Gasteiger partial charge in [-0.2, -0.15) is 10.1 Å². The van der Waals surface area contributed by atoms with Crippen molar-refractivity contribution < 1.29 is 9.32 Å². The zero-order valence-electron chi connectivity index (χ0n) is 15.3. The van der Waals surface area contributed by atoms with E-state index >= 15 is 0 Å². The summed E-state index contributed by atoms with van der Waals surface area (Å²) in [4.78, 5) is 16.3. The van der Waals surface area contributed by atoms with Crippen LogP contribution < -0.4 is 5.32 Å². The van der Waals surface area contributed by atoms with Crippen molar-refractivity contribution in [3.8, 4) is 0 Å². The third kappa shape index (κ3) is 4.36. The predicted octanol–water partition coefficient (Wildman–Crippen LogP) is 3.45. The zero-order chi connectivity index (χ0) is 18.5. The molecule has 0 spiro atoms. The Bertz CT molecular complexity index is 869. The van der Waals surface area contributed by atoms with Crippen LogP contribution in [-0.2, 0) is 11.2 Å². The van der Waals surface area contributed by atoms with Gasteiger partial charge in [0.1, 0.15) is 0 Å². The van der Waals surface area contributed by atoms with Crippen LogP contribution in [0, 0.1) is 13.8 Å². The molecule has 3 aromatic rings. The van der Waals surface area contributed by atoms with Gasteiger partial charge < -0.3 is 9.84 Å². The van der Waals surface area contributed by atoms with Crippen molar-refractivity contribution in [1.82, 2.24) is 19.9 Å². The fraction of sp³-hybridized carbons (Fsp3) is 0.368. The Kier molecular flexibility index (Phi) is 5.46. The first-order valence-electron chi connectivity index (χ1n) is 8.72. The van der Waals surface area contributed by atoms with Crippen LogP contribution in [0.2, 0.25) is 0 Å². The van der Waals surface area contributed by atoms with E-state index in [1.807, 2.05) is 36.0 Å². The molecule has 136 valence electrons. The maximum Gasteiger partial charge on any atom is 0.226 e. The molecule has 0 aliphatic rings. The highest BCUT2D eigenvalue weighted by Gasteiger charge is 2.14. The Balaban J connectivity index is 1.56. The second-order valence-electron chi connectivity index (χ2n) is 6.36. The molecule has 0 bridgehead atoms. The minimum atomic E-state index is -0.0676. The van der Waals surface area contributed by atoms with E-state index in [2.05, 4.69) is 39.6 Å². The summed E-state index contributed by atoms with van der Waals surface area (Å²) in [7, 11) is 0. The number of nitrogens with one attached hydrogen (secondary N) is 1. The van der Waals surface area contributed by atoms with Gasteiger partial charge in [-0.15, -0.1) is 0 Å². The predicted molar refractivity (Wildman–Crippen MR) is 97.8 cm³/mol. The SMILES string of the molecule is Cc1noc(CCCC(=O)Nc2nn(C(C)c3ccccc3)cc2C)n1. The van der Waals surface area contributed by atoms with Crippen LogP contribution in [-0.4, -0.2) is 25.8 Å². The highest BCUT2D eigenvalue weighted by molar-refractivity contribution is 5.90. The van der Waals surface area contributed by atoms with Gasteiger partial charge in [0.15, 0.2) is 11.6 Å². The molecule has 0 fully saturated rings. The maximum absolute atomic E-state index is 12.2. The molecule has 1 unspecified atom stereocenters. The number of rotatable bonds is 7. The summed E-state index contributed by atoms with van der Waals surface area (Å²) < 4.78 is 6.92. The number of aryl methyl sites for hydroxylation is 3. The van der Waals surface area contributed by atoms with Gasteiger partial charge in [0.25, 0.3) is 0 Å². The first-order chi connectivity index (χ1) is 12.5. The molecule has 7 nitrogen and oxygen atoms in total. The zero-order valence-corrected chi connectivity index (χ0v) is 15.3. The van der Waals surface area contributed by atoms with Crippen LogP contribution in [0.4, 0.5) is 5.82 Å². The van der Waals surface area contributed by atoms with E-state index in [0.717, 1.165) is 5.56 Å². The maximum atomic E-state index is 12.2. The molecule has 1 atom stereocenters. The van der Waals surface area contributed by atoms with Crippen molar-refractivity contribution in [2.45, 2.75) is 46.1 Å². The standard InChI is InChI=1S/C19H23N5O2/c1-13-12-24(14(2)16-8-5-4-6-9-16)22-19(13)21-17(25)10-7-11-18-20-15(3)23-26-18/h4-6,8-9,12,14H,7,10-11H2,1-3H3,(H,21,22,25). The van der Waals surface area contributed by atoms with Crippen LogP contribution in [0.3, 0.4) is 0 Å². The Hall–Kier alpha value is -2.96. The monoisotopic (exact) mass is 353 g/mol. The van der Waals surface area contributed by atoms with E-state index in [0.29, 0.717) is 36.8 Å². The molecule has 0 aliphatic heterocycles. The normalized spacial score (nSPS) is 12.1. The van der Waals surface area contributed by atoms with Gasteiger partial charge in [-0.3, -0.25) is 9.48 Å². The molecule has 1 amide bonds. The average molecular weight is 353 g/mol. The molecular formula is C19H23N5O2.